The fourth-order valence-electron chi connectivity index (χ4n) is 1.83. The van der Waals surface area contributed by atoms with Crippen LogP contribution in [0.5, 0.6) is 0 Å². The smallest absolute Gasteiger partial charge is 0.318 e. The van der Waals surface area contributed by atoms with Crippen molar-refractivity contribution in [2.75, 3.05) is 38.5 Å². The third-order valence-electron chi connectivity index (χ3n) is 3.07. The maximum absolute atomic E-state index is 11.8. The van der Waals surface area contributed by atoms with E-state index in [9.17, 15) is 9.59 Å². The van der Waals surface area contributed by atoms with Gasteiger partial charge in [-0.05, 0) is 31.3 Å². The van der Waals surface area contributed by atoms with E-state index in [1.807, 2.05) is 7.05 Å². The summed E-state index contributed by atoms with van der Waals surface area (Å²) in [6.45, 7) is 3.13. The number of hydrogen-bond acceptors (Lipinski definition) is 4. The lowest BCUT2D eigenvalue weighted by molar-refractivity contribution is -0.139. The van der Waals surface area contributed by atoms with Gasteiger partial charge in [-0.3, -0.25) is 15.0 Å². The van der Waals surface area contributed by atoms with E-state index in [2.05, 4.69) is 15.6 Å². The largest absolute Gasteiger partial charge is 0.323 e. The average molecular weight is 297 g/mol. The number of benzene rings is 1. The zero-order valence-corrected chi connectivity index (χ0v) is 12.0. The summed E-state index contributed by atoms with van der Waals surface area (Å²) in [5.74, 6) is -1.35. The number of nitrogens with zero attached hydrogens (tertiary/aromatic N) is 2. The molecule has 0 spiro atoms. The number of likely N-dealkylation sites (N-methyl/N-ethyl adjacent to an activating group) is 1. The van der Waals surface area contributed by atoms with Crippen molar-refractivity contribution in [1.82, 2.24) is 15.3 Å². The molecular formula is C13H17ClN4O2. The molecule has 0 aromatic heterocycles. The summed E-state index contributed by atoms with van der Waals surface area (Å²) >= 11 is 5.75. The fourth-order valence-corrected chi connectivity index (χ4v) is 1.96. The van der Waals surface area contributed by atoms with Crippen molar-refractivity contribution in [3.05, 3.63) is 29.3 Å². The highest BCUT2D eigenvalue weighted by Crippen LogP contribution is 2.13. The molecular weight excluding hydrogens is 280 g/mol. The normalized spacial score (nSPS) is 16.7. The van der Waals surface area contributed by atoms with Gasteiger partial charge in [-0.2, -0.15) is 0 Å². The van der Waals surface area contributed by atoms with E-state index >= 15 is 0 Å². The van der Waals surface area contributed by atoms with Gasteiger partial charge >= 0.3 is 11.8 Å². The average Bonchev–Trinajstić information content (AvgIpc) is 2.44. The Balaban J connectivity index is 1.83. The van der Waals surface area contributed by atoms with Crippen molar-refractivity contribution in [3.8, 4) is 0 Å². The number of anilines is 1. The summed E-state index contributed by atoms with van der Waals surface area (Å²) in [4.78, 5) is 25.7. The van der Waals surface area contributed by atoms with Crippen LogP contribution in [0.2, 0.25) is 5.02 Å². The number of amides is 2. The van der Waals surface area contributed by atoms with Gasteiger partial charge in [0.05, 0.1) is 0 Å². The van der Waals surface area contributed by atoms with Crippen LogP contribution in [-0.4, -0.2) is 54.9 Å². The van der Waals surface area contributed by atoms with E-state index in [-0.39, 0.29) is 0 Å². The quantitative estimate of drug-likeness (QED) is 0.783. The maximum atomic E-state index is 11.8. The Hall–Kier alpha value is -1.63. The Morgan fingerprint density at radius 2 is 1.65 bits per heavy atom. The van der Waals surface area contributed by atoms with Crippen LogP contribution in [0.15, 0.2) is 24.3 Å². The molecule has 108 valence electrons. The van der Waals surface area contributed by atoms with Crippen LogP contribution in [-0.2, 0) is 9.59 Å². The van der Waals surface area contributed by atoms with Crippen molar-refractivity contribution in [3.63, 3.8) is 0 Å². The molecule has 7 heteroatoms. The molecule has 0 bridgehead atoms. The molecule has 0 unspecified atom stereocenters. The minimum Gasteiger partial charge on any atom is -0.318 e. The number of rotatable bonds is 2. The van der Waals surface area contributed by atoms with E-state index in [0.717, 1.165) is 13.1 Å². The van der Waals surface area contributed by atoms with E-state index in [1.165, 1.54) is 0 Å². The lowest BCUT2D eigenvalue weighted by atomic mass is 10.3. The van der Waals surface area contributed by atoms with Crippen LogP contribution in [0.25, 0.3) is 0 Å². The van der Waals surface area contributed by atoms with Crippen molar-refractivity contribution < 1.29 is 9.59 Å². The Bertz CT molecular complexity index is 484. The molecule has 0 saturated carbocycles. The SMILES string of the molecule is CN1CCN(NC(=O)C(=O)Nc2ccc(Cl)cc2)CC1. The van der Waals surface area contributed by atoms with Crippen molar-refractivity contribution in [2.45, 2.75) is 0 Å². The van der Waals surface area contributed by atoms with Gasteiger partial charge in [-0.25, -0.2) is 5.01 Å². The van der Waals surface area contributed by atoms with Gasteiger partial charge in [0.2, 0.25) is 0 Å². The third-order valence-corrected chi connectivity index (χ3v) is 3.32. The Morgan fingerprint density at radius 1 is 1.05 bits per heavy atom. The highest BCUT2D eigenvalue weighted by molar-refractivity contribution is 6.39. The number of hydrazine groups is 1. The molecule has 1 fully saturated rings. The first-order valence-corrected chi connectivity index (χ1v) is 6.73. The molecule has 0 radical (unpaired) electrons. The topological polar surface area (TPSA) is 64.7 Å². The van der Waals surface area contributed by atoms with Crippen LogP contribution in [0, 0.1) is 0 Å². The maximum Gasteiger partial charge on any atom is 0.323 e. The second kappa shape index (κ2) is 6.69. The van der Waals surface area contributed by atoms with E-state index < -0.39 is 11.8 Å². The van der Waals surface area contributed by atoms with Gasteiger partial charge in [-0.1, -0.05) is 11.6 Å². The summed E-state index contributed by atoms with van der Waals surface area (Å²) in [5.41, 5.74) is 3.14. The molecule has 1 aliphatic rings. The van der Waals surface area contributed by atoms with Gasteiger partial charge < -0.3 is 10.2 Å². The minimum atomic E-state index is -0.689. The number of piperazine rings is 1. The summed E-state index contributed by atoms with van der Waals surface area (Å²) in [6, 6.07) is 6.58. The lowest BCUT2D eigenvalue weighted by Crippen LogP contribution is -2.54. The lowest BCUT2D eigenvalue weighted by Gasteiger charge is -2.32. The second-order valence-corrected chi connectivity index (χ2v) is 5.13. The standard InChI is InChI=1S/C13H17ClN4O2/c1-17-6-8-18(9-7-17)16-13(20)12(19)15-11-4-2-10(14)3-5-11/h2-5H,6-9H2,1H3,(H,15,19)(H,16,20). The van der Waals surface area contributed by atoms with Crippen LogP contribution in [0.3, 0.4) is 0 Å². The number of hydrogen-bond donors (Lipinski definition) is 2. The van der Waals surface area contributed by atoms with E-state index in [1.54, 1.807) is 29.3 Å². The molecule has 1 aromatic carbocycles. The molecule has 2 N–H and O–H groups in total. The summed E-state index contributed by atoms with van der Waals surface area (Å²) in [6.07, 6.45) is 0. The van der Waals surface area contributed by atoms with Crippen LogP contribution in [0.1, 0.15) is 0 Å². The molecule has 20 heavy (non-hydrogen) atoms. The predicted molar refractivity (Wildman–Crippen MR) is 77.3 cm³/mol. The molecule has 6 nitrogen and oxygen atoms in total. The predicted octanol–water partition coefficient (Wildman–Crippen LogP) is 0.557. The zero-order chi connectivity index (χ0) is 14.5. The van der Waals surface area contributed by atoms with E-state index in [4.69, 9.17) is 11.6 Å². The first kappa shape index (κ1) is 14.8. The van der Waals surface area contributed by atoms with Crippen LogP contribution >= 0.6 is 11.6 Å². The highest BCUT2D eigenvalue weighted by atomic mass is 35.5. The molecule has 2 amide bonds. The molecule has 1 aromatic rings. The summed E-state index contributed by atoms with van der Waals surface area (Å²) in [5, 5.41) is 4.85. The van der Waals surface area contributed by atoms with Crippen molar-refractivity contribution in [1.29, 1.82) is 0 Å². The second-order valence-electron chi connectivity index (χ2n) is 4.69. The number of carbonyl (C=O) groups excluding carboxylic acids is 2. The van der Waals surface area contributed by atoms with Gasteiger partial charge in [0.25, 0.3) is 0 Å². The van der Waals surface area contributed by atoms with Gasteiger partial charge in [0, 0.05) is 36.9 Å². The zero-order valence-electron chi connectivity index (χ0n) is 11.2. The summed E-state index contributed by atoms with van der Waals surface area (Å²) in [7, 11) is 2.02. The number of halogens is 1. The monoisotopic (exact) mass is 296 g/mol. The first-order valence-electron chi connectivity index (χ1n) is 6.35. The first-order chi connectivity index (χ1) is 9.54. The molecule has 0 aliphatic carbocycles. The molecule has 2 rings (SSSR count). The Morgan fingerprint density at radius 3 is 2.25 bits per heavy atom. The van der Waals surface area contributed by atoms with Crippen LogP contribution < -0.4 is 10.7 Å². The summed E-state index contributed by atoms with van der Waals surface area (Å²) < 4.78 is 0. The molecule has 1 aliphatic heterocycles. The van der Waals surface area contributed by atoms with Gasteiger partial charge in [-0.15, -0.1) is 0 Å². The molecule has 1 saturated heterocycles. The number of carbonyl (C=O) groups is 2. The van der Waals surface area contributed by atoms with Crippen LogP contribution in [0.4, 0.5) is 5.69 Å². The van der Waals surface area contributed by atoms with Crippen molar-refractivity contribution >= 4 is 29.1 Å². The third kappa shape index (κ3) is 4.19. The molecule has 1 heterocycles. The number of nitrogens with one attached hydrogen (secondary N) is 2. The highest BCUT2D eigenvalue weighted by Gasteiger charge is 2.20. The Labute approximate surface area is 122 Å². The minimum absolute atomic E-state index is 0.535. The Kier molecular flexibility index (Phi) is 4.94. The fraction of sp³-hybridized carbons (Fsp3) is 0.385. The van der Waals surface area contributed by atoms with Crippen molar-refractivity contribution in [2.24, 2.45) is 0 Å². The van der Waals surface area contributed by atoms with Gasteiger partial charge in [0.15, 0.2) is 0 Å². The molecule has 0 atom stereocenters. The van der Waals surface area contributed by atoms with E-state index in [0.29, 0.717) is 23.8 Å². The van der Waals surface area contributed by atoms with Gasteiger partial charge in [0.1, 0.15) is 0 Å².